The van der Waals surface area contributed by atoms with E-state index < -0.39 is 29.3 Å². The van der Waals surface area contributed by atoms with Gasteiger partial charge >= 0.3 is 5.97 Å². The summed E-state index contributed by atoms with van der Waals surface area (Å²) in [5.41, 5.74) is 7.93. The number of halogens is 3. The number of piperidine rings is 1. The molecular formula is C28H28F3N3O3. The highest BCUT2D eigenvalue weighted by Gasteiger charge is 2.34. The van der Waals surface area contributed by atoms with E-state index >= 15 is 0 Å². The molecule has 0 saturated carbocycles. The highest BCUT2D eigenvalue weighted by Crippen LogP contribution is 2.33. The average molecular weight is 512 g/mol. The molecule has 2 aromatic carbocycles. The topological polar surface area (TPSA) is 88.7 Å². The SMILES string of the molecule is COc1ccc2nccc([C@@H](N)CCC3CCN(CC#Cc4cc(F)cc(F)c4F)CC3C(=O)O)c2c1. The van der Waals surface area contributed by atoms with Crippen LogP contribution in [-0.4, -0.2) is 47.7 Å². The van der Waals surface area contributed by atoms with Crippen molar-refractivity contribution < 1.29 is 27.8 Å². The van der Waals surface area contributed by atoms with Crippen LogP contribution in [0.2, 0.25) is 0 Å². The lowest BCUT2D eigenvalue weighted by Gasteiger charge is -2.36. The average Bonchev–Trinajstić information content (AvgIpc) is 2.89. The monoisotopic (exact) mass is 511 g/mol. The summed E-state index contributed by atoms with van der Waals surface area (Å²) in [5, 5.41) is 10.8. The number of aromatic nitrogens is 1. The lowest BCUT2D eigenvalue weighted by Crippen LogP contribution is -2.44. The number of rotatable bonds is 7. The number of carboxylic acids is 1. The van der Waals surface area contributed by atoms with Gasteiger partial charge in [-0.1, -0.05) is 11.8 Å². The second-order valence-corrected chi connectivity index (χ2v) is 9.25. The largest absolute Gasteiger partial charge is 0.497 e. The zero-order chi connectivity index (χ0) is 26.5. The molecule has 6 nitrogen and oxygen atoms in total. The van der Waals surface area contributed by atoms with Crippen LogP contribution in [0, 0.1) is 41.1 Å². The predicted octanol–water partition coefficient (Wildman–Crippen LogP) is 4.52. The number of carbonyl (C=O) groups is 1. The maximum Gasteiger partial charge on any atom is 0.308 e. The summed E-state index contributed by atoms with van der Waals surface area (Å²) < 4.78 is 45.9. The van der Waals surface area contributed by atoms with Gasteiger partial charge in [0.1, 0.15) is 11.6 Å². The number of likely N-dealkylation sites (tertiary alicyclic amines) is 1. The van der Waals surface area contributed by atoms with Gasteiger partial charge in [0, 0.05) is 30.2 Å². The number of hydrogen-bond acceptors (Lipinski definition) is 5. The number of aliphatic carboxylic acids is 1. The smallest absolute Gasteiger partial charge is 0.308 e. The van der Waals surface area contributed by atoms with E-state index in [0.717, 1.165) is 22.5 Å². The third kappa shape index (κ3) is 6.21. The summed E-state index contributed by atoms with van der Waals surface area (Å²) in [7, 11) is 1.60. The molecule has 3 atom stereocenters. The number of nitrogens with two attached hydrogens (primary N) is 1. The minimum absolute atomic E-state index is 0.0647. The van der Waals surface area contributed by atoms with E-state index in [-0.39, 0.29) is 30.6 Å². The molecule has 37 heavy (non-hydrogen) atoms. The van der Waals surface area contributed by atoms with E-state index in [1.54, 1.807) is 13.3 Å². The van der Waals surface area contributed by atoms with Crippen LogP contribution in [0.1, 0.15) is 36.4 Å². The van der Waals surface area contributed by atoms with Gasteiger partial charge in [0.25, 0.3) is 0 Å². The first-order chi connectivity index (χ1) is 17.8. The number of nitrogens with zero attached hydrogens (tertiary/aromatic N) is 2. The van der Waals surface area contributed by atoms with E-state index in [1.807, 2.05) is 29.2 Å². The van der Waals surface area contributed by atoms with Gasteiger partial charge in [-0.05, 0) is 67.6 Å². The first-order valence-electron chi connectivity index (χ1n) is 12.0. The van der Waals surface area contributed by atoms with Crippen LogP contribution in [0.5, 0.6) is 5.75 Å². The number of methoxy groups -OCH3 is 1. The third-order valence-electron chi connectivity index (χ3n) is 6.91. The predicted molar refractivity (Wildman–Crippen MR) is 133 cm³/mol. The van der Waals surface area contributed by atoms with Crippen molar-refractivity contribution in [1.82, 2.24) is 9.88 Å². The number of fused-ring (bicyclic) bond motifs is 1. The molecule has 1 aliphatic heterocycles. The number of pyridine rings is 1. The Bertz CT molecular complexity index is 1350. The summed E-state index contributed by atoms with van der Waals surface area (Å²) >= 11 is 0. The van der Waals surface area contributed by atoms with Gasteiger partial charge < -0.3 is 15.6 Å². The van der Waals surface area contributed by atoms with Crippen molar-refractivity contribution in [3.63, 3.8) is 0 Å². The van der Waals surface area contributed by atoms with Gasteiger partial charge in [-0.3, -0.25) is 14.7 Å². The molecular weight excluding hydrogens is 483 g/mol. The Labute approximate surface area is 213 Å². The standard InChI is InChI=1S/C28H28F3N3O3/c1-37-20-5-7-26-22(15-20)21(8-10-33-26)25(32)6-4-17-9-12-34(16-23(17)28(35)36)11-2-3-18-13-19(29)14-24(30)27(18)31/h5,7-8,10,13-15,17,23,25H,4,6,9,11-12,16,32H2,1H3,(H,35,36)/t17?,23?,25-/m0/s1. The number of benzene rings is 2. The molecule has 2 unspecified atom stereocenters. The Morgan fingerprint density at radius 1 is 1.27 bits per heavy atom. The van der Waals surface area contributed by atoms with Crippen LogP contribution >= 0.6 is 0 Å². The summed E-state index contributed by atoms with van der Waals surface area (Å²) in [4.78, 5) is 18.3. The van der Waals surface area contributed by atoms with E-state index in [1.165, 1.54) is 0 Å². The normalized spacial score (nSPS) is 18.7. The zero-order valence-electron chi connectivity index (χ0n) is 20.4. The molecule has 3 aromatic rings. The molecule has 194 valence electrons. The van der Waals surface area contributed by atoms with Crippen molar-refractivity contribution in [1.29, 1.82) is 0 Å². The molecule has 4 rings (SSSR count). The van der Waals surface area contributed by atoms with Crippen LogP contribution in [0.25, 0.3) is 10.9 Å². The van der Waals surface area contributed by atoms with Crippen molar-refractivity contribution >= 4 is 16.9 Å². The second-order valence-electron chi connectivity index (χ2n) is 9.25. The molecule has 0 amide bonds. The molecule has 0 radical (unpaired) electrons. The second kappa shape index (κ2) is 11.6. The Kier molecular flexibility index (Phi) is 8.31. The van der Waals surface area contributed by atoms with E-state index in [4.69, 9.17) is 10.5 Å². The molecule has 3 N–H and O–H groups in total. The van der Waals surface area contributed by atoms with Crippen LogP contribution in [-0.2, 0) is 4.79 Å². The van der Waals surface area contributed by atoms with Gasteiger partial charge in [0.15, 0.2) is 11.6 Å². The van der Waals surface area contributed by atoms with Gasteiger partial charge in [-0.2, -0.15) is 0 Å². The number of hydrogen-bond donors (Lipinski definition) is 2. The number of ether oxygens (including phenoxy) is 1. The van der Waals surface area contributed by atoms with E-state index in [0.29, 0.717) is 37.6 Å². The minimum atomic E-state index is -1.30. The molecule has 9 heteroatoms. The Morgan fingerprint density at radius 3 is 2.84 bits per heavy atom. The summed E-state index contributed by atoms with van der Waals surface area (Å²) in [6.45, 7) is 1.05. The quantitative estimate of drug-likeness (QED) is 0.358. The summed E-state index contributed by atoms with van der Waals surface area (Å²) in [6.07, 6.45) is 3.60. The van der Waals surface area contributed by atoms with Crippen LogP contribution in [0.4, 0.5) is 13.2 Å². The summed E-state index contributed by atoms with van der Waals surface area (Å²) in [6, 6.07) is 8.51. The molecule has 0 aliphatic carbocycles. The Hall–Kier alpha value is -3.61. The summed E-state index contributed by atoms with van der Waals surface area (Å²) in [5.74, 6) is 0.895. The van der Waals surface area contributed by atoms with E-state index in [2.05, 4.69) is 16.8 Å². The molecule has 0 spiro atoms. The fraction of sp³-hybridized carbons (Fsp3) is 0.357. The first kappa shape index (κ1) is 26.5. The van der Waals surface area contributed by atoms with Crippen molar-refractivity contribution in [2.75, 3.05) is 26.7 Å². The Balaban J connectivity index is 1.39. The lowest BCUT2D eigenvalue weighted by atomic mass is 9.81. The van der Waals surface area contributed by atoms with Gasteiger partial charge in [-0.15, -0.1) is 0 Å². The van der Waals surface area contributed by atoms with Crippen molar-refractivity contribution in [3.8, 4) is 17.6 Å². The van der Waals surface area contributed by atoms with E-state index in [9.17, 15) is 23.1 Å². The van der Waals surface area contributed by atoms with Gasteiger partial charge in [-0.25, -0.2) is 13.2 Å². The Morgan fingerprint density at radius 2 is 2.08 bits per heavy atom. The fourth-order valence-corrected chi connectivity index (χ4v) is 4.88. The maximum absolute atomic E-state index is 13.8. The highest BCUT2D eigenvalue weighted by atomic mass is 19.2. The van der Waals surface area contributed by atoms with Crippen LogP contribution in [0.15, 0.2) is 42.6 Å². The van der Waals surface area contributed by atoms with Crippen LogP contribution in [0.3, 0.4) is 0 Å². The highest BCUT2D eigenvalue weighted by molar-refractivity contribution is 5.84. The zero-order valence-corrected chi connectivity index (χ0v) is 20.4. The molecule has 1 aliphatic rings. The lowest BCUT2D eigenvalue weighted by molar-refractivity contribution is -0.146. The van der Waals surface area contributed by atoms with Crippen molar-refractivity contribution in [2.45, 2.75) is 25.3 Å². The van der Waals surface area contributed by atoms with Crippen molar-refractivity contribution in [2.24, 2.45) is 17.6 Å². The maximum atomic E-state index is 13.8. The molecule has 1 saturated heterocycles. The van der Waals surface area contributed by atoms with Gasteiger partial charge in [0.2, 0.25) is 0 Å². The minimum Gasteiger partial charge on any atom is -0.497 e. The first-order valence-corrected chi connectivity index (χ1v) is 12.0. The molecule has 2 heterocycles. The van der Waals surface area contributed by atoms with Crippen LogP contribution < -0.4 is 10.5 Å². The fourth-order valence-electron chi connectivity index (χ4n) is 4.88. The molecule has 0 bridgehead atoms. The third-order valence-corrected chi connectivity index (χ3v) is 6.91. The van der Waals surface area contributed by atoms with Gasteiger partial charge in [0.05, 0.1) is 30.7 Å². The molecule has 1 fully saturated rings. The van der Waals surface area contributed by atoms with Crippen molar-refractivity contribution in [3.05, 3.63) is 71.2 Å². The molecule has 1 aromatic heterocycles. The number of carboxylic acid groups (broad SMARTS) is 1.